The highest BCUT2D eigenvalue weighted by molar-refractivity contribution is 6.07. The Hall–Kier alpha value is -2.43. The first-order valence-corrected chi connectivity index (χ1v) is 4.84. The Labute approximate surface area is 96.2 Å². The van der Waals surface area contributed by atoms with Crippen LogP contribution in [0.5, 0.6) is 17.2 Å². The van der Waals surface area contributed by atoms with Crippen LogP contribution in [0.15, 0.2) is 18.2 Å². The molecule has 0 heterocycles. The quantitative estimate of drug-likeness (QED) is 0.446. The fourth-order valence-electron chi connectivity index (χ4n) is 1.87. The lowest BCUT2D eigenvalue weighted by atomic mass is 9.99. The highest BCUT2D eigenvalue weighted by Crippen LogP contribution is 2.44. The molecule has 0 aliphatic carbocycles. The van der Waals surface area contributed by atoms with Gasteiger partial charge >= 0.3 is 5.97 Å². The monoisotopic (exact) mass is 234 g/mol. The van der Waals surface area contributed by atoms with Crippen molar-refractivity contribution in [1.29, 1.82) is 0 Å². The van der Waals surface area contributed by atoms with Gasteiger partial charge in [0.2, 0.25) is 0 Å². The van der Waals surface area contributed by atoms with Crippen LogP contribution >= 0.6 is 0 Å². The van der Waals surface area contributed by atoms with Gasteiger partial charge in [-0.15, -0.1) is 0 Å². The van der Waals surface area contributed by atoms with Crippen molar-refractivity contribution in [2.45, 2.75) is 6.92 Å². The van der Waals surface area contributed by atoms with Gasteiger partial charge in [-0.05, 0) is 12.5 Å². The van der Waals surface area contributed by atoms with Gasteiger partial charge in [0.05, 0.1) is 0 Å². The van der Waals surface area contributed by atoms with E-state index in [1.807, 2.05) is 0 Å². The summed E-state index contributed by atoms with van der Waals surface area (Å²) in [5.74, 6) is -3.41. The van der Waals surface area contributed by atoms with Crippen LogP contribution < -0.4 is 0 Å². The Bertz CT molecular complexity index is 631. The second-order valence-electron chi connectivity index (χ2n) is 3.72. The maximum Gasteiger partial charge on any atom is 0.343 e. The average molecular weight is 234 g/mol. The third-order valence-corrected chi connectivity index (χ3v) is 2.68. The molecular formula is C12H10O5. The van der Waals surface area contributed by atoms with E-state index in [0.29, 0.717) is 5.56 Å². The molecule has 17 heavy (non-hydrogen) atoms. The Kier molecular flexibility index (Phi) is 2.31. The first-order valence-electron chi connectivity index (χ1n) is 4.84. The van der Waals surface area contributed by atoms with Gasteiger partial charge in [-0.2, -0.15) is 0 Å². The van der Waals surface area contributed by atoms with Crippen LogP contribution in [-0.2, 0) is 0 Å². The molecule has 0 unspecified atom stereocenters. The molecule has 0 atom stereocenters. The molecule has 5 heteroatoms. The number of aryl methyl sites for hydroxylation is 1. The number of hydrogen-bond donors (Lipinski definition) is 4. The predicted octanol–water partition coefficient (Wildman–Crippen LogP) is 1.96. The van der Waals surface area contributed by atoms with Gasteiger partial charge in [0.15, 0.2) is 11.5 Å². The summed E-state index contributed by atoms with van der Waals surface area (Å²) in [5.41, 5.74) is -0.0665. The minimum Gasteiger partial charge on any atom is -0.506 e. The number of carboxylic acid groups (broad SMARTS) is 1. The minimum absolute atomic E-state index is 0.192. The zero-order chi connectivity index (χ0) is 12.7. The molecule has 0 fully saturated rings. The van der Waals surface area contributed by atoms with E-state index in [0.717, 1.165) is 0 Å². The fraction of sp³-hybridized carbons (Fsp3) is 0.0833. The zero-order valence-electron chi connectivity index (χ0n) is 8.93. The molecule has 0 aromatic heterocycles. The number of rotatable bonds is 1. The number of phenols is 3. The lowest BCUT2D eigenvalue weighted by Gasteiger charge is -2.11. The minimum atomic E-state index is -1.50. The summed E-state index contributed by atoms with van der Waals surface area (Å²) in [4.78, 5) is 10.9. The molecule has 0 amide bonds. The van der Waals surface area contributed by atoms with Crippen LogP contribution in [0.25, 0.3) is 10.8 Å². The van der Waals surface area contributed by atoms with Crippen LogP contribution in [0.1, 0.15) is 15.9 Å². The first-order chi connectivity index (χ1) is 7.95. The van der Waals surface area contributed by atoms with E-state index < -0.39 is 28.8 Å². The summed E-state index contributed by atoms with van der Waals surface area (Å²) >= 11 is 0. The van der Waals surface area contributed by atoms with Gasteiger partial charge < -0.3 is 20.4 Å². The predicted molar refractivity (Wildman–Crippen MR) is 60.6 cm³/mol. The van der Waals surface area contributed by atoms with Crippen molar-refractivity contribution in [2.75, 3.05) is 0 Å². The highest BCUT2D eigenvalue weighted by Gasteiger charge is 2.23. The summed E-state index contributed by atoms with van der Waals surface area (Å²) in [6.45, 7) is 1.68. The highest BCUT2D eigenvalue weighted by atomic mass is 16.4. The van der Waals surface area contributed by atoms with Gasteiger partial charge in [0.25, 0.3) is 0 Å². The molecule has 2 aromatic carbocycles. The molecule has 0 radical (unpaired) electrons. The molecule has 2 rings (SSSR count). The number of phenolic OH excluding ortho intramolecular Hbond substituents is 1. The maximum atomic E-state index is 10.9. The van der Waals surface area contributed by atoms with Crippen LogP contribution in [0.2, 0.25) is 0 Å². The van der Waals surface area contributed by atoms with Gasteiger partial charge in [0, 0.05) is 10.8 Å². The molecule has 0 aliphatic rings. The maximum absolute atomic E-state index is 10.9. The number of benzene rings is 2. The van der Waals surface area contributed by atoms with Crippen molar-refractivity contribution in [3.63, 3.8) is 0 Å². The number of fused-ring (bicyclic) bond motifs is 1. The SMILES string of the molecule is Cc1cccc2c(O)c(C(=O)O)c(O)c(O)c12. The third kappa shape index (κ3) is 1.44. The van der Waals surface area contributed by atoms with Crippen LogP contribution in [0.4, 0.5) is 0 Å². The number of aromatic carboxylic acids is 1. The van der Waals surface area contributed by atoms with Crippen molar-refractivity contribution in [1.82, 2.24) is 0 Å². The largest absolute Gasteiger partial charge is 0.506 e. The van der Waals surface area contributed by atoms with E-state index in [4.69, 9.17) is 5.11 Å². The van der Waals surface area contributed by atoms with E-state index in [-0.39, 0.29) is 10.8 Å². The smallest absolute Gasteiger partial charge is 0.343 e. The third-order valence-electron chi connectivity index (χ3n) is 2.68. The normalized spacial score (nSPS) is 10.6. The first kappa shape index (κ1) is 11.1. The van der Waals surface area contributed by atoms with Gasteiger partial charge in [-0.3, -0.25) is 0 Å². The Morgan fingerprint density at radius 1 is 1.06 bits per heavy atom. The molecular weight excluding hydrogens is 224 g/mol. The summed E-state index contributed by atoms with van der Waals surface area (Å²) < 4.78 is 0. The van der Waals surface area contributed by atoms with Crippen LogP contribution in [0, 0.1) is 6.92 Å². The van der Waals surface area contributed by atoms with Gasteiger partial charge in [-0.25, -0.2) is 4.79 Å². The van der Waals surface area contributed by atoms with Crippen molar-refractivity contribution < 1.29 is 25.2 Å². The Morgan fingerprint density at radius 2 is 1.71 bits per heavy atom. The summed E-state index contributed by atoms with van der Waals surface area (Å²) in [5, 5.41) is 38.5. The molecule has 4 N–H and O–H groups in total. The standard InChI is InChI=1S/C12H10O5/c1-5-3-2-4-6-7(5)10(14)11(15)8(9(6)13)12(16)17/h2-4,13-15H,1H3,(H,16,17). The van der Waals surface area contributed by atoms with E-state index in [9.17, 15) is 20.1 Å². The lowest BCUT2D eigenvalue weighted by molar-refractivity contribution is 0.0690. The van der Waals surface area contributed by atoms with E-state index in [1.165, 1.54) is 6.07 Å². The zero-order valence-corrected chi connectivity index (χ0v) is 8.93. The second-order valence-corrected chi connectivity index (χ2v) is 3.72. The van der Waals surface area contributed by atoms with E-state index in [1.54, 1.807) is 19.1 Å². The summed E-state index contributed by atoms with van der Waals surface area (Å²) in [6.07, 6.45) is 0. The molecule has 0 saturated carbocycles. The Morgan fingerprint density at radius 3 is 2.29 bits per heavy atom. The lowest BCUT2D eigenvalue weighted by Crippen LogP contribution is -1.99. The van der Waals surface area contributed by atoms with Crippen molar-refractivity contribution in [3.05, 3.63) is 29.3 Å². The molecule has 5 nitrogen and oxygen atoms in total. The summed E-state index contributed by atoms with van der Waals surface area (Å²) in [7, 11) is 0. The van der Waals surface area contributed by atoms with Crippen LogP contribution in [-0.4, -0.2) is 26.4 Å². The molecule has 0 bridgehead atoms. The summed E-state index contributed by atoms with van der Waals surface area (Å²) in [6, 6.07) is 4.78. The number of aromatic hydroxyl groups is 3. The van der Waals surface area contributed by atoms with Crippen molar-refractivity contribution in [3.8, 4) is 17.2 Å². The van der Waals surface area contributed by atoms with Crippen molar-refractivity contribution >= 4 is 16.7 Å². The number of carboxylic acids is 1. The van der Waals surface area contributed by atoms with Gasteiger partial charge in [0.1, 0.15) is 11.3 Å². The second kappa shape index (κ2) is 3.55. The van der Waals surface area contributed by atoms with Crippen molar-refractivity contribution in [2.24, 2.45) is 0 Å². The number of hydrogen-bond acceptors (Lipinski definition) is 4. The molecule has 0 spiro atoms. The molecule has 0 saturated heterocycles. The topological polar surface area (TPSA) is 98.0 Å². The van der Waals surface area contributed by atoms with Gasteiger partial charge in [-0.1, -0.05) is 18.2 Å². The molecule has 2 aromatic rings. The fourth-order valence-corrected chi connectivity index (χ4v) is 1.87. The average Bonchev–Trinajstić information content (AvgIpc) is 2.25. The Balaban J connectivity index is 3.06. The number of carbonyl (C=O) groups is 1. The molecule has 88 valence electrons. The van der Waals surface area contributed by atoms with E-state index in [2.05, 4.69) is 0 Å². The van der Waals surface area contributed by atoms with E-state index >= 15 is 0 Å². The molecule has 0 aliphatic heterocycles. The van der Waals surface area contributed by atoms with Crippen LogP contribution in [0.3, 0.4) is 0 Å².